The van der Waals surface area contributed by atoms with Crippen molar-refractivity contribution in [3.8, 4) is 0 Å². The summed E-state index contributed by atoms with van der Waals surface area (Å²) in [4.78, 5) is 28.7. The molecular formula is C21H21Cl2N5O4S. The zero-order chi connectivity index (χ0) is 24.2. The SMILES string of the molecule is Cc1ccc(NC(=O)Cn2ncc(Cl)c(Cl)c2=O)cc1S(=O)(=O)NC(C)Cc1ccccn1. The first-order valence-corrected chi connectivity index (χ1v) is 12.0. The number of hydrogen-bond donors (Lipinski definition) is 2. The third-order valence-corrected chi connectivity index (χ3v) is 7.08. The van der Waals surface area contributed by atoms with E-state index in [-0.39, 0.29) is 20.6 Å². The van der Waals surface area contributed by atoms with Crippen molar-refractivity contribution in [1.29, 1.82) is 0 Å². The number of carbonyl (C=O) groups is 1. The van der Waals surface area contributed by atoms with Crippen LogP contribution in [0.1, 0.15) is 18.2 Å². The summed E-state index contributed by atoms with van der Waals surface area (Å²) in [5, 5.41) is 6.08. The zero-order valence-corrected chi connectivity index (χ0v) is 20.1. The van der Waals surface area contributed by atoms with Crippen LogP contribution in [0.2, 0.25) is 10.0 Å². The molecule has 3 aromatic rings. The van der Waals surface area contributed by atoms with Gasteiger partial charge in [-0.1, -0.05) is 35.3 Å². The highest BCUT2D eigenvalue weighted by Crippen LogP contribution is 2.21. The maximum atomic E-state index is 13.0. The van der Waals surface area contributed by atoms with Crippen molar-refractivity contribution in [3.05, 3.63) is 80.4 Å². The third-order valence-electron chi connectivity index (χ3n) is 4.59. The fourth-order valence-corrected chi connectivity index (χ4v) is 4.85. The van der Waals surface area contributed by atoms with E-state index < -0.39 is 34.1 Å². The largest absolute Gasteiger partial charge is 0.324 e. The standard InChI is InChI=1S/C21H21Cl2N5O4S/c1-13-6-7-16(26-19(29)12-28-21(30)20(23)17(22)11-25-28)10-18(13)33(31,32)27-14(2)9-15-5-3-4-8-24-15/h3-8,10-11,14,27H,9,12H2,1-2H3,(H,26,29). The van der Waals surface area contributed by atoms with Crippen LogP contribution >= 0.6 is 23.2 Å². The molecule has 9 nitrogen and oxygen atoms in total. The van der Waals surface area contributed by atoms with E-state index >= 15 is 0 Å². The van der Waals surface area contributed by atoms with E-state index in [1.165, 1.54) is 6.07 Å². The number of nitrogens with one attached hydrogen (secondary N) is 2. The van der Waals surface area contributed by atoms with Gasteiger partial charge in [-0.05, 0) is 43.7 Å². The van der Waals surface area contributed by atoms with Crippen LogP contribution in [0.4, 0.5) is 5.69 Å². The minimum atomic E-state index is -3.87. The Morgan fingerprint density at radius 3 is 2.67 bits per heavy atom. The maximum absolute atomic E-state index is 13.0. The lowest BCUT2D eigenvalue weighted by Gasteiger charge is -2.16. The minimum Gasteiger partial charge on any atom is -0.324 e. The molecule has 33 heavy (non-hydrogen) atoms. The molecule has 174 valence electrons. The number of amides is 1. The highest BCUT2D eigenvalue weighted by atomic mass is 35.5. The van der Waals surface area contributed by atoms with Crippen molar-refractivity contribution in [2.75, 3.05) is 5.32 Å². The lowest BCUT2D eigenvalue weighted by molar-refractivity contribution is -0.117. The monoisotopic (exact) mass is 509 g/mol. The summed E-state index contributed by atoms with van der Waals surface area (Å²) in [5.41, 5.74) is 0.804. The van der Waals surface area contributed by atoms with Gasteiger partial charge in [-0.3, -0.25) is 14.6 Å². The number of anilines is 1. The second-order valence-electron chi connectivity index (χ2n) is 7.35. The molecular weight excluding hydrogens is 489 g/mol. The van der Waals surface area contributed by atoms with E-state index in [1.54, 1.807) is 38.2 Å². The lowest BCUT2D eigenvalue weighted by atomic mass is 10.2. The molecule has 2 heterocycles. The number of hydrogen-bond acceptors (Lipinski definition) is 6. The first-order valence-electron chi connectivity index (χ1n) is 9.80. The Morgan fingerprint density at radius 2 is 1.97 bits per heavy atom. The van der Waals surface area contributed by atoms with Gasteiger partial charge in [-0.2, -0.15) is 5.10 Å². The minimum absolute atomic E-state index is 0.0171. The van der Waals surface area contributed by atoms with Gasteiger partial charge in [0.25, 0.3) is 5.56 Å². The molecule has 0 aliphatic rings. The van der Waals surface area contributed by atoms with Gasteiger partial charge in [0, 0.05) is 30.0 Å². The molecule has 3 rings (SSSR count). The summed E-state index contributed by atoms with van der Waals surface area (Å²) >= 11 is 11.5. The topological polar surface area (TPSA) is 123 Å². The molecule has 1 atom stereocenters. The van der Waals surface area contributed by atoms with Crippen molar-refractivity contribution in [1.82, 2.24) is 19.5 Å². The Hall–Kier alpha value is -2.79. The molecule has 0 spiro atoms. The Bertz CT molecular complexity index is 1330. The van der Waals surface area contributed by atoms with Crippen LogP contribution in [0.3, 0.4) is 0 Å². The molecule has 0 saturated heterocycles. The van der Waals surface area contributed by atoms with E-state index in [1.807, 2.05) is 12.1 Å². The van der Waals surface area contributed by atoms with Crippen molar-refractivity contribution in [3.63, 3.8) is 0 Å². The van der Waals surface area contributed by atoms with Crippen molar-refractivity contribution >= 4 is 44.8 Å². The van der Waals surface area contributed by atoms with E-state index in [0.717, 1.165) is 16.6 Å². The molecule has 0 aliphatic carbocycles. The quantitative estimate of drug-likeness (QED) is 0.481. The Morgan fingerprint density at radius 1 is 1.21 bits per heavy atom. The van der Waals surface area contributed by atoms with Crippen LogP contribution in [-0.2, 0) is 27.8 Å². The van der Waals surface area contributed by atoms with Crippen LogP contribution in [-0.4, -0.2) is 35.1 Å². The normalized spacial score (nSPS) is 12.4. The average molecular weight is 510 g/mol. The molecule has 0 fully saturated rings. The Labute approximate surface area is 200 Å². The van der Waals surface area contributed by atoms with Gasteiger partial charge in [-0.25, -0.2) is 17.8 Å². The summed E-state index contributed by atoms with van der Waals surface area (Å²) < 4.78 is 29.4. The fourth-order valence-electron chi connectivity index (χ4n) is 3.06. The lowest BCUT2D eigenvalue weighted by Crippen LogP contribution is -2.34. The number of carbonyl (C=O) groups excluding carboxylic acids is 1. The van der Waals surface area contributed by atoms with E-state index in [9.17, 15) is 18.0 Å². The summed E-state index contributed by atoms with van der Waals surface area (Å²) in [7, 11) is -3.87. The number of aromatic nitrogens is 3. The van der Waals surface area contributed by atoms with E-state index in [2.05, 4.69) is 20.1 Å². The number of nitrogens with zero attached hydrogens (tertiary/aromatic N) is 3. The molecule has 0 radical (unpaired) electrons. The zero-order valence-electron chi connectivity index (χ0n) is 17.7. The molecule has 1 unspecified atom stereocenters. The third kappa shape index (κ3) is 6.38. The van der Waals surface area contributed by atoms with Crippen LogP contribution in [0.25, 0.3) is 0 Å². The van der Waals surface area contributed by atoms with E-state index in [4.69, 9.17) is 23.2 Å². The van der Waals surface area contributed by atoms with Gasteiger partial charge < -0.3 is 5.32 Å². The second-order valence-corrected chi connectivity index (χ2v) is 9.81. The predicted octanol–water partition coefficient (Wildman–Crippen LogP) is 2.80. The van der Waals surface area contributed by atoms with Gasteiger partial charge in [-0.15, -0.1) is 0 Å². The van der Waals surface area contributed by atoms with Gasteiger partial charge in [0.15, 0.2) is 0 Å². The Balaban J connectivity index is 1.73. The van der Waals surface area contributed by atoms with Crippen molar-refractivity contribution in [2.45, 2.75) is 37.8 Å². The maximum Gasteiger partial charge on any atom is 0.287 e. The van der Waals surface area contributed by atoms with Gasteiger partial charge in [0.2, 0.25) is 15.9 Å². The number of sulfonamides is 1. The number of halogens is 2. The first kappa shape index (κ1) is 24.8. The number of rotatable bonds is 8. The smallest absolute Gasteiger partial charge is 0.287 e. The summed E-state index contributed by atoms with van der Waals surface area (Å²) in [5.74, 6) is -0.591. The summed E-state index contributed by atoms with van der Waals surface area (Å²) in [6.45, 7) is 2.98. The van der Waals surface area contributed by atoms with Gasteiger partial charge in [0.05, 0.1) is 16.1 Å². The predicted molar refractivity (Wildman–Crippen MR) is 126 cm³/mol. The number of aryl methyl sites for hydroxylation is 1. The van der Waals surface area contributed by atoms with Crippen LogP contribution in [0.5, 0.6) is 0 Å². The van der Waals surface area contributed by atoms with Crippen LogP contribution in [0.15, 0.2) is 58.5 Å². The highest BCUT2D eigenvalue weighted by molar-refractivity contribution is 7.89. The van der Waals surface area contributed by atoms with Crippen LogP contribution < -0.4 is 15.6 Å². The number of pyridine rings is 1. The molecule has 1 amide bonds. The van der Waals surface area contributed by atoms with Crippen molar-refractivity contribution < 1.29 is 13.2 Å². The number of benzene rings is 1. The molecule has 2 aromatic heterocycles. The van der Waals surface area contributed by atoms with Gasteiger partial charge in [0.1, 0.15) is 11.6 Å². The highest BCUT2D eigenvalue weighted by Gasteiger charge is 2.21. The van der Waals surface area contributed by atoms with Gasteiger partial charge >= 0.3 is 0 Å². The second kappa shape index (κ2) is 10.4. The molecule has 12 heteroatoms. The Kier molecular flexibility index (Phi) is 7.85. The summed E-state index contributed by atoms with van der Waals surface area (Å²) in [6, 6.07) is 9.53. The molecule has 1 aromatic carbocycles. The first-order chi connectivity index (χ1) is 15.6. The molecule has 0 saturated carbocycles. The molecule has 0 bridgehead atoms. The molecule has 2 N–H and O–H groups in total. The van der Waals surface area contributed by atoms with Crippen molar-refractivity contribution in [2.24, 2.45) is 0 Å². The summed E-state index contributed by atoms with van der Waals surface area (Å²) in [6.07, 6.45) is 3.22. The average Bonchev–Trinajstić information content (AvgIpc) is 2.75. The molecule has 0 aliphatic heterocycles. The fraction of sp³-hybridized carbons (Fsp3) is 0.238. The van der Waals surface area contributed by atoms with Crippen LogP contribution in [0, 0.1) is 6.92 Å². The van der Waals surface area contributed by atoms with E-state index in [0.29, 0.717) is 12.0 Å².